The molecule has 0 spiro atoms. The van der Waals surface area contributed by atoms with Crippen LogP contribution in [0.15, 0.2) is 29.1 Å². The van der Waals surface area contributed by atoms with Crippen molar-refractivity contribution in [3.05, 3.63) is 34.7 Å². The van der Waals surface area contributed by atoms with Crippen LogP contribution in [0.25, 0.3) is 11.0 Å². The molecule has 2 rings (SSSR count). The quantitative estimate of drug-likeness (QED) is 0.751. The van der Waals surface area contributed by atoms with Crippen LogP contribution < -0.4 is 11.0 Å². The second-order valence-electron chi connectivity index (χ2n) is 8.00. The van der Waals surface area contributed by atoms with Crippen molar-refractivity contribution in [2.75, 3.05) is 12.0 Å². The van der Waals surface area contributed by atoms with Crippen LogP contribution in [0.5, 0.6) is 0 Å². The number of halogens is 3. The molecule has 0 fully saturated rings. The van der Waals surface area contributed by atoms with E-state index in [1.165, 1.54) is 39.0 Å². The first-order valence-electron chi connectivity index (χ1n) is 8.84. The highest BCUT2D eigenvalue weighted by Gasteiger charge is 2.48. The number of hydrogen-bond acceptors (Lipinski definition) is 5. The van der Waals surface area contributed by atoms with E-state index in [1.807, 2.05) is 5.32 Å². The summed E-state index contributed by atoms with van der Waals surface area (Å²) in [7, 11) is -3.42. The molecular formula is C18H22F3N3O5S. The van der Waals surface area contributed by atoms with Gasteiger partial charge in [0, 0.05) is 12.8 Å². The van der Waals surface area contributed by atoms with Crippen molar-refractivity contribution in [1.29, 1.82) is 0 Å². The van der Waals surface area contributed by atoms with Crippen molar-refractivity contribution in [3.63, 3.8) is 0 Å². The van der Waals surface area contributed by atoms with E-state index in [9.17, 15) is 36.0 Å². The van der Waals surface area contributed by atoms with Crippen LogP contribution in [0.3, 0.4) is 0 Å². The minimum Gasteiger partial charge on any atom is -0.327 e. The third-order valence-corrected chi connectivity index (χ3v) is 5.32. The van der Waals surface area contributed by atoms with Gasteiger partial charge in [0.05, 0.1) is 16.8 Å². The van der Waals surface area contributed by atoms with Crippen molar-refractivity contribution in [3.8, 4) is 0 Å². The number of aromatic nitrogens is 2. The minimum atomic E-state index is -5.18. The number of alkyl halides is 3. The van der Waals surface area contributed by atoms with E-state index in [2.05, 4.69) is 0 Å². The molecule has 166 valence electrons. The number of nitrogens with zero attached hydrogens (tertiary/aromatic N) is 2. The van der Waals surface area contributed by atoms with Crippen LogP contribution in [0.1, 0.15) is 20.8 Å². The molecular weight excluding hydrogens is 427 g/mol. The number of sulfone groups is 1. The summed E-state index contributed by atoms with van der Waals surface area (Å²) in [5, 5.41) is 2.02. The summed E-state index contributed by atoms with van der Waals surface area (Å²) in [6, 6.07) is 2.79. The molecule has 8 nitrogen and oxygen atoms in total. The monoisotopic (exact) mass is 449 g/mol. The fraction of sp³-hybridized carbons (Fsp3) is 0.500. The molecule has 1 aromatic heterocycles. The van der Waals surface area contributed by atoms with Crippen LogP contribution in [0, 0.1) is 5.41 Å². The number of carbonyl (C=O) groups is 2. The van der Waals surface area contributed by atoms with E-state index in [0.717, 1.165) is 10.8 Å². The topological polar surface area (TPSA) is 107 Å². The molecule has 0 saturated heterocycles. The zero-order chi connectivity index (χ0) is 23.1. The molecule has 0 aliphatic carbocycles. The van der Waals surface area contributed by atoms with E-state index in [-0.39, 0.29) is 23.3 Å². The van der Waals surface area contributed by atoms with Gasteiger partial charge in [-0.3, -0.25) is 9.36 Å². The molecule has 1 aromatic carbocycles. The Bertz CT molecular complexity index is 1140. The molecule has 0 aliphatic heterocycles. The number of fused-ring (bicyclic) bond motifs is 1. The van der Waals surface area contributed by atoms with E-state index in [1.54, 1.807) is 6.07 Å². The Morgan fingerprint density at radius 3 is 2.10 bits per heavy atom. The lowest BCUT2D eigenvalue weighted by molar-refractivity contribution is -0.175. The van der Waals surface area contributed by atoms with Gasteiger partial charge in [-0.15, -0.1) is 0 Å². The number of imidazole rings is 1. The number of benzene rings is 1. The minimum absolute atomic E-state index is 0.0700. The molecule has 30 heavy (non-hydrogen) atoms. The molecule has 1 atom stereocenters. The van der Waals surface area contributed by atoms with Crippen molar-refractivity contribution < 1.29 is 31.2 Å². The number of nitrogens with one attached hydrogen (secondary N) is 1. The SMILES string of the molecule is CC(C)(C)[C@H](NC(=O)n1c(=O)n(CCS(C)(=O)=O)c2ccccc21)C(=O)C(F)(F)F. The van der Waals surface area contributed by atoms with Crippen LogP contribution in [0.2, 0.25) is 0 Å². The number of Topliss-reactive ketones (excluding diaryl/α,β-unsaturated/α-hetero) is 1. The highest BCUT2D eigenvalue weighted by Crippen LogP contribution is 2.28. The third kappa shape index (κ3) is 5.10. The maximum Gasteiger partial charge on any atom is 0.452 e. The van der Waals surface area contributed by atoms with Crippen molar-refractivity contribution >= 4 is 32.7 Å². The number of para-hydroxylation sites is 2. The van der Waals surface area contributed by atoms with E-state index in [4.69, 9.17) is 0 Å². The number of carbonyl (C=O) groups excluding carboxylic acids is 2. The van der Waals surface area contributed by atoms with Crippen LogP contribution in [0.4, 0.5) is 18.0 Å². The summed E-state index contributed by atoms with van der Waals surface area (Å²) in [5.41, 5.74) is -1.92. The number of ketones is 1. The van der Waals surface area contributed by atoms with Crippen LogP contribution in [-0.4, -0.2) is 53.6 Å². The summed E-state index contributed by atoms with van der Waals surface area (Å²) in [5.74, 6) is -2.52. The second-order valence-corrected chi connectivity index (χ2v) is 10.3. The smallest absolute Gasteiger partial charge is 0.327 e. The summed E-state index contributed by atoms with van der Waals surface area (Å²) in [6.45, 7) is 3.79. The summed E-state index contributed by atoms with van der Waals surface area (Å²) < 4.78 is 63.6. The van der Waals surface area contributed by atoms with E-state index in [0.29, 0.717) is 4.57 Å². The third-order valence-electron chi connectivity index (χ3n) is 4.40. The molecule has 2 aromatic rings. The fourth-order valence-corrected chi connectivity index (χ4v) is 3.42. The Kier molecular flexibility index (Phi) is 6.22. The Morgan fingerprint density at radius 1 is 1.10 bits per heavy atom. The average Bonchev–Trinajstić information content (AvgIpc) is 2.86. The van der Waals surface area contributed by atoms with Gasteiger partial charge in [-0.2, -0.15) is 13.2 Å². The average molecular weight is 449 g/mol. The van der Waals surface area contributed by atoms with Gasteiger partial charge in [-0.25, -0.2) is 22.6 Å². The number of rotatable bonds is 5. The van der Waals surface area contributed by atoms with Gasteiger partial charge in [0.1, 0.15) is 15.9 Å². The van der Waals surface area contributed by atoms with Crippen molar-refractivity contribution in [2.24, 2.45) is 5.41 Å². The molecule has 0 aliphatic rings. The zero-order valence-electron chi connectivity index (χ0n) is 16.8. The van der Waals surface area contributed by atoms with Crippen LogP contribution >= 0.6 is 0 Å². The molecule has 1 heterocycles. The van der Waals surface area contributed by atoms with Crippen molar-refractivity contribution in [2.45, 2.75) is 39.5 Å². The Balaban J connectivity index is 2.54. The van der Waals surface area contributed by atoms with E-state index < -0.39 is 45.0 Å². The lowest BCUT2D eigenvalue weighted by Crippen LogP contribution is -2.55. The lowest BCUT2D eigenvalue weighted by Gasteiger charge is -2.30. The normalized spacial score (nSPS) is 14.0. The predicted molar refractivity (Wildman–Crippen MR) is 104 cm³/mol. The molecule has 1 amide bonds. The molecule has 0 unspecified atom stereocenters. The molecule has 0 saturated carbocycles. The second kappa shape index (κ2) is 7.89. The first-order valence-corrected chi connectivity index (χ1v) is 10.9. The van der Waals surface area contributed by atoms with Gasteiger partial charge in [0.25, 0.3) is 5.78 Å². The zero-order valence-corrected chi connectivity index (χ0v) is 17.6. The van der Waals surface area contributed by atoms with Crippen molar-refractivity contribution in [1.82, 2.24) is 14.5 Å². The molecule has 0 radical (unpaired) electrons. The van der Waals surface area contributed by atoms with E-state index >= 15 is 0 Å². The van der Waals surface area contributed by atoms with Gasteiger partial charge in [0.2, 0.25) is 0 Å². The highest BCUT2D eigenvalue weighted by molar-refractivity contribution is 7.90. The maximum atomic E-state index is 13.0. The Morgan fingerprint density at radius 2 is 1.63 bits per heavy atom. The summed E-state index contributed by atoms with van der Waals surface area (Å²) in [6.07, 6.45) is -4.19. The standard InChI is InChI=1S/C18H22F3N3O5S/c1-17(2,3)13(14(25)18(19,20)21)22-15(26)24-12-8-6-5-7-11(12)23(16(24)27)9-10-30(4,28)29/h5-8,13H,9-10H2,1-4H3,(H,22,26)/t13-/m1/s1. The predicted octanol–water partition coefficient (Wildman–Crippen LogP) is 1.95. The fourth-order valence-electron chi connectivity index (χ4n) is 2.90. The van der Waals surface area contributed by atoms with Gasteiger partial charge < -0.3 is 5.32 Å². The Labute approximate surface area is 170 Å². The van der Waals surface area contributed by atoms with Gasteiger partial charge >= 0.3 is 17.9 Å². The lowest BCUT2D eigenvalue weighted by atomic mass is 9.84. The largest absolute Gasteiger partial charge is 0.452 e. The molecule has 1 N–H and O–H groups in total. The first kappa shape index (κ1) is 23.6. The number of amides is 1. The molecule has 0 bridgehead atoms. The highest BCUT2D eigenvalue weighted by atomic mass is 32.2. The maximum absolute atomic E-state index is 13.0. The summed E-state index contributed by atoms with van der Waals surface area (Å²) >= 11 is 0. The Hall–Kier alpha value is -2.63. The first-order chi connectivity index (χ1) is 13.5. The van der Waals surface area contributed by atoms with Crippen LogP contribution in [-0.2, 0) is 21.2 Å². The van der Waals surface area contributed by atoms with Gasteiger partial charge in [-0.05, 0) is 17.5 Å². The molecule has 12 heteroatoms. The van der Waals surface area contributed by atoms with Gasteiger partial charge in [0.15, 0.2) is 0 Å². The number of aryl methyl sites for hydroxylation is 1. The summed E-state index contributed by atoms with van der Waals surface area (Å²) in [4.78, 5) is 37.4. The van der Waals surface area contributed by atoms with Gasteiger partial charge in [-0.1, -0.05) is 32.9 Å². The number of hydrogen-bond donors (Lipinski definition) is 1.